The average Bonchev–Trinajstić information content (AvgIpc) is 2.44. The summed E-state index contributed by atoms with van der Waals surface area (Å²) in [4.78, 5) is 0. The van der Waals surface area contributed by atoms with Crippen molar-refractivity contribution < 1.29 is 0 Å². The minimum Gasteiger partial charge on any atom is -0.179 e. The van der Waals surface area contributed by atoms with E-state index in [2.05, 4.69) is 44.8 Å². The van der Waals surface area contributed by atoms with Gasteiger partial charge in [0.15, 0.2) is 0 Å². The van der Waals surface area contributed by atoms with Gasteiger partial charge in [-0.05, 0) is 59.5 Å². The molecule has 6 heteroatoms. The van der Waals surface area contributed by atoms with Crippen LogP contribution in [0.15, 0.2) is 0 Å². The van der Waals surface area contributed by atoms with Crippen LogP contribution in [0.5, 0.6) is 0 Å². The number of thiol groups is 3. The van der Waals surface area contributed by atoms with Crippen molar-refractivity contribution in [1.82, 2.24) is 0 Å². The number of thioether (sulfide) groups is 3. The molecule has 0 aliphatic rings. The Morgan fingerprint density at radius 1 is 0.579 bits per heavy atom. The van der Waals surface area contributed by atoms with Crippen LogP contribution in [-0.2, 0) is 0 Å². The van der Waals surface area contributed by atoms with Gasteiger partial charge in [-0.25, -0.2) is 0 Å². The SMILES string of the molecule is CCCSCCCS.SCCSCCCSCCS. The summed E-state index contributed by atoms with van der Waals surface area (Å²) in [6, 6.07) is 0. The lowest BCUT2D eigenvalue weighted by atomic mass is 10.6. The summed E-state index contributed by atoms with van der Waals surface area (Å²) in [5.74, 6) is 10.6. The zero-order chi connectivity index (χ0) is 14.6. The van der Waals surface area contributed by atoms with E-state index in [4.69, 9.17) is 0 Å². The zero-order valence-corrected chi connectivity index (χ0v) is 17.2. The van der Waals surface area contributed by atoms with Gasteiger partial charge in [-0.3, -0.25) is 0 Å². The number of hydrogen-bond acceptors (Lipinski definition) is 6. The van der Waals surface area contributed by atoms with E-state index in [9.17, 15) is 0 Å². The Hall–Kier alpha value is 2.10. The first-order valence-electron chi connectivity index (χ1n) is 6.89. The van der Waals surface area contributed by atoms with E-state index in [-0.39, 0.29) is 0 Å². The van der Waals surface area contributed by atoms with Crippen molar-refractivity contribution in [2.75, 3.05) is 51.8 Å². The molecule has 0 saturated heterocycles. The van der Waals surface area contributed by atoms with Crippen LogP contribution in [0.25, 0.3) is 0 Å². The fraction of sp³-hybridized carbons (Fsp3) is 1.00. The second-order valence-electron chi connectivity index (χ2n) is 3.72. The Bertz CT molecular complexity index is 120. The minimum absolute atomic E-state index is 1.01. The molecule has 0 radical (unpaired) electrons. The Labute approximate surface area is 150 Å². The van der Waals surface area contributed by atoms with E-state index < -0.39 is 0 Å². The van der Waals surface area contributed by atoms with Crippen LogP contribution < -0.4 is 0 Å². The third-order valence-corrected chi connectivity index (χ3v) is 6.63. The summed E-state index contributed by atoms with van der Waals surface area (Å²) < 4.78 is 0. The standard InChI is InChI=1S/C7H16S4.C6H14S2/c8-2-6-10-4-1-5-11-7-3-9;1-2-5-8-6-3-4-7/h8-9H,1-7H2;7H,2-6H2,1H3. The van der Waals surface area contributed by atoms with Gasteiger partial charge in [-0.1, -0.05) is 6.92 Å². The van der Waals surface area contributed by atoms with Gasteiger partial charge in [-0.15, -0.1) is 0 Å². The molecule has 0 nitrogen and oxygen atoms in total. The summed E-state index contributed by atoms with van der Waals surface area (Å²) in [6.07, 6.45) is 3.89. The molecule has 0 fully saturated rings. The predicted octanol–water partition coefficient (Wildman–Crippen LogP) is 5.15. The van der Waals surface area contributed by atoms with Crippen molar-refractivity contribution in [2.24, 2.45) is 0 Å². The van der Waals surface area contributed by atoms with Crippen LogP contribution in [0.2, 0.25) is 0 Å². The summed E-state index contributed by atoms with van der Waals surface area (Å²) in [7, 11) is 0. The number of rotatable bonds is 13. The van der Waals surface area contributed by atoms with Gasteiger partial charge in [0, 0.05) is 11.5 Å². The summed E-state index contributed by atoms with van der Waals surface area (Å²) in [5.41, 5.74) is 0. The molecule has 0 aliphatic carbocycles. The first-order valence-corrected chi connectivity index (χ1v) is 12.2. The zero-order valence-electron chi connectivity index (χ0n) is 12.1. The van der Waals surface area contributed by atoms with Gasteiger partial charge >= 0.3 is 0 Å². The minimum atomic E-state index is 1.01. The molecule has 0 aromatic rings. The predicted molar refractivity (Wildman–Crippen MR) is 113 cm³/mol. The van der Waals surface area contributed by atoms with Gasteiger partial charge < -0.3 is 0 Å². The second kappa shape index (κ2) is 25.1. The van der Waals surface area contributed by atoms with Crippen LogP contribution in [0.4, 0.5) is 0 Å². The molecule has 0 unspecified atom stereocenters. The van der Waals surface area contributed by atoms with Crippen molar-refractivity contribution in [3.8, 4) is 0 Å². The summed E-state index contributed by atoms with van der Waals surface area (Å²) >= 11 is 18.4. The van der Waals surface area contributed by atoms with Crippen LogP contribution in [0.1, 0.15) is 26.2 Å². The fourth-order valence-corrected chi connectivity index (χ4v) is 4.54. The Morgan fingerprint density at radius 3 is 1.47 bits per heavy atom. The van der Waals surface area contributed by atoms with Crippen LogP contribution in [0.3, 0.4) is 0 Å². The third kappa shape index (κ3) is 28.9. The molecule has 118 valence electrons. The van der Waals surface area contributed by atoms with Crippen molar-refractivity contribution in [2.45, 2.75) is 26.2 Å². The molecular formula is C13H30S6. The highest BCUT2D eigenvalue weighted by Crippen LogP contribution is 2.08. The largest absolute Gasteiger partial charge is 0.179 e. The lowest BCUT2D eigenvalue weighted by Gasteiger charge is -1.98. The van der Waals surface area contributed by atoms with Crippen molar-refractivity contribution in [1.29, 1.82) is 0 Å². The van der Waals surface area contributed by atoms with Crippen LogP contribution >= 0.6 is 73.2 Å². The monoisotopic (exact) mass is 378 g/mol. The highest BCUT2D eigenvalue weighted by atomic mass is 32.2. The van der Waals surface area contributed by atoms with E-state index in [0.717, 1.165) is 17.3 Å². The van der Waals surface area contributed by atoms with E-state index in [1.54, 1.807) is 0 Å². The van der Waals surface area contributed by atoms with E-state index in [1.165, 1.54) is 53.8 Å². The molecule has 0 N–H and O–H groups in total. The lowest BCUT2D eigenvalue weighted by molar-refractivity contribution is 1.08. The lowest BCUT2D eigenvalue weighted by Crippen LogP contribution is -1.89. The van der Waals surface area contributed by atoms with Crippen molar-refractivity contribution in [3.63, 3.8) is 0 Å². The smallest absolute Gasteiger partial charge is 0.00210 e. The Balaban J connectivity index is 0. The third-order valence-electron chi connectivity index (χ3n) is 1.84. The topological polar surface area (TPSA) is 0 Å². The molecule has 0 amide bonds. The highest BCUT2D eigenvalue weighted by Gasteiger charge is 1.89. The highest BCUT2D eigenvalue weighted by molar-refractivity contribution is 8.00. The second-order valence-corrected chi connectivity index (χ2v) is 8.73. The maximum atomic E-state index is 4.14. The van der Waals surface area contributed by atoms with Crippen LogP contribution in [-0.4, -0.2) is 51.8 Å². The van der Waals surface area contributed by atoms with Gasteiger partial charge in [0.25, 0.3) is 0 Å². The van der Waals surface area contributed by atoms with Gasteiger partial charge in [0.1, 0.15) is 0 Å². The number of hydrogen-bond donors (Lipinski definition) is 3. The van der Waals surface area contributed by atoms with Gasteiger partial charge in [-0.2, -0.15) is 73.2 Å². The molecule has 0 heterocycles. The Morgan fingerprint density at radius 2 is 1.05 bits per heavy atom. The molecule has 19 heavy (non-hydrogen) atoms. The first kappa shape index (κ1) is 23.4. The summed E-state index contributed by atoms with van der Waals surface area (Å²) in [6.45, 7) is 2.22. The first-order chi connectivity index (χ1) is 9.33. The molecular weight excluding hydrogens is 349 g/mol. The van der Waals surface area contributed by atoms with E-state index >= 15 is 0 Å². The molecule has 0 aromatic heterocycles. The molecule has 0 atom stereocenters. The van der Waals surface area contributed by atoms with Crippen molar-refractivity contribution >= 4 is 73.2 Å². The van der Waals surface area contributed by atoms with E-state index in [1.807, 2.05) is 35.3 Å². The molecule has 0 bridgehead atoms. The van der Waals surface area contributed by atoms with Crippen molar-refractivity contribution in [3.05, 3.63) is 0 Å². The van der Waals surface area contributed by atoms with Crippen LogP contribution in [0, 0.1) is 0 Å². The van der Waals surface area contributed by atoms with Gasteiger partial charge in [0.05, 0.1) is 0 Å². The quantitative estimate of drug-likeness (QED) is 0.300. The van der Waals surface area contributed by atoms with Gasteiger partial charge in [0.2, 0.25) is 0 Å². The maximum Gasteiger partial charge on any atom is 0.00210 e. The fourth-order valence-electron chi connectivity index (χ4n) is 1.01. The molecule has 0 aromatic carbocycles. The molecule has 0 rings (SSSR count). The van der Waals surface area contributed by atoms with E-state index in [0.29, 0.717) is 0 Å². The molecule has 0 saturated carbocycles. The normalized spacial score (nSPS) is 10.1. The average molecular weight is 379 g/mol. The Kier molecular flexibility index (Phi) is 30.8. The summed E-state index contributed by atoms with van der Waals surface area (Å²) in [5, 5.41) is 0. The molecule has 0 spiro atoms. The maximum absolute atomic E-state index is 4.14. The molecule has 0 aliphatic heterocycles.